The topological polar surface area (TPSA) is 44.5 Å². The average molecular weight is 285 g/mol. The second kappa shape index (κ2) is 6.93. The van der Waals surface area contributed by atoms with E-state index >= 15 is 0 Å². The van der Waals surface area contributed by atoms with Crippen LogP contribution < -0.4 is 5.73 Å². The molecule has 0 radical (unpaired) electrons. The maximum absolute atomic E-state index is 13.6. The largest absolute Gasteiger partial charge is 0.389 e. The maximum atomic E-state index is 13.6. The summed E-state index contributed by atoms with van der Waals surface area (Å²) in [5, 5.41) is 0. The van der Waals surface area contributed by atoms with Crippen LogP contribution in [0.5, 0.6) is 0 Å². The van der Waals surface area contributed by atoms with Gasteiger partial charge in [0.05, 0.1) is 12.2 Å². The Morgan fingerprint density at radius 1 is 1.42 bits per heavy atom. The van der Waals surface area contributed by atoms with E-state index in [4.69, 9.17) is 27.4 Å². The van der Waals surface area contributed by atoms with Crippen LogP contribution in [0.4, 0.5) is 4.39 Å². The van der Waals surface area contributed by atoms with Crippen LogP contribution in [0.3, 0.4) is 0 Å². The lowest BCUT2D eigenvalue weighted by atomic mass is 10.1. The third kappa shape index (κ3) is 5.22. The molecular formula is C14H20FNO2S. The van der Waals surface area contributed by atoms with Gasteiger partial charge in [0.25, 0.3) is 0 Å². The Bertz CT molecular complexity index is 449. The molecule has 0 heterocycles. The Morgan fingerprint density at radius 3 is 2.68 bits per heavy atom. The minimum absolute atomic E-state index is 0.197. The van der Waals surface area contributed by atoms with Gasteiger partial charge in [0.2, 0.25) is 0 Å². The molecule has 0 unspecified atom stereocenters. The van der Waals surface area contributed by atoms with Crippen molar-refractivity contribution in [2.45, 2.75) is 32.5 Å². The number of halogens is 1. The number of benzene rings is 1. The summed E-state index contributed by atoms with van der Waals surface area (Å²) in [6.07, 6.45) is 0.736. The van der Waals surface area contributed by atoms with Gasteiger partial charge in [-0.25, -0.2) is 4.39 Å². The van der Waals surface area contributed by atoms with Crippen LogP contribution >= 0.6 is 12.2 Å². The van der Waals surface area contributed by atoms with Gasteiger partial charge in [-0.15, -0.1) is 0 Å². The van der Waals surface area contributed by atoms with Gasteiger partial charge in [-0.3, -0.25) is 0 Å². The second-order valence-electron chi connectivity index (χ2n) is 4.94. The molecule has 0 saturated heterocycles. The monoisotopic (exact) mass is 285 g/mol. The molecule has 106 valence electrons. The first kappa shape index (κ1) is 16.0. The lowest BCUT2D eigenvalue weighted by molar-refractivity contribution is -0.0127. The van der Waals surface area contributed by atoms with E-state index in [0.29, 0.717) is 17.7 Å². The smallest absolute Gasteiger partial charge is 0.128 e. The zero-order chi connectivity index (χ0) is 14.5. The van der Waals surface area contributed by atoms with Crippen LogP contribution in [0.25, 0.3) is 0 Å². The van der Waals surface area contributed by atoms with E-state index in [2.05, 4.69) is 0 Å². The molecule has 0 aromatic heterocycles. The van der Waals surface area contributed by atoms with E-state index in [1.54, 1.807) is 19.2 Å². The van der Waals surface area contributed by atoms with Gasteiger partial charge in [0.1, 0.15) is 10.8 Å². The molecule has 5 heteroatoms. The van der Waals surface area contributed by atoms with E-state index in [9.17, 15) is 4.39 Å². The highest BCUT2D eigenvalue weighted by atomic mass is 32.1. The van der Waals surface area contributed by atoms with Crippen molar-refractivity contribution in [3.05, 3.63) is 35.1 Å². The van der Waals surface area contributed by atoms with E-state index in [1.165, 1.54) is 6.07 Å². The second-order valence-corrected chi connectivity index (χ2v) is 5.38. The van der Waals surface area contributed by atoms with E-state index < -0.39 is 0 Å². The van der Waals surface area contributed by atoms with Crippen LogP contribution in [-0.4, -0.2) is 24.3 Å². The number of thiocarbonyl (C=S) groups is 1. The third-order valence-electron chi connectivity index (χ3n) is 2.99. The Morgan fingerprint density at radius 2 is 2.11 bits per heavy atom. The zero-order valence-corrected chi connectivity index (χ0v) is 12.3. The fraction of sp³-hybridized carbons (Fsp3) is 0.500. The number of hydrogen-bond acceptors (Lipinski definition) is 3. The summed E-state index contributed by atoms with van der Waals surface area (Å²) >= 11 is 4.86. The van der Waals surface area contributed by atoms with Gasteiger partial charge in [-0.2, -0.15) is 0 Å². The van der Waals surface area contributed by atoms with Gasteiger partial charge < -0.3 is 15.2 Å². The predicted octanol–water partition coefficient (Wildman–Crippen LogP) is 2.79. The van der Waals surface area contributed by atoms with Gasteiger partial charge in [-0.1, -0.05) is 12.2 Å². The Labute approximate surface area is 118 Å². The Hall–Kier alpha value is -1.04. The van der Waals surface area contributed by atoms with E-state index in [1.807, 2.05) is 13.8 Å². The molecule has 0 aliphatic heterocycles. The summed E-state index contributed by atoms with van der Waals surface area (Å²) in [4.78, 5) is 0.252. The summed E-state index contributed by atoms with van der Waals surface area (Å²) < 4.78 is 24.3. The van der Waals surface area contributed by atoms with Crippen molar-refractivity contribution in [1.82, 2.24) is 0 Å². The molecular weight excluding hydrogens is 265 g/mol. The summed E-state index contributed by atoms with van der Waals surface area (Å²) in [6, 6.07) is 4.54. The predicted molar refractivity (Wildman–Crippen MR) is 77.6 cm³/mol. The molecule has 0 spiro atoms. The highest BCUT2D eigenvalue weighted by Gasteiger charge is 2.15. The van der Waals surface area contributed by atoms with Crippen molar-refractivity contribution in [3.8, 4) is 0 Å². The molecule has 1 aromatic carbocycles. The molecule has 0 atom stereocenters. The standard InChI is InChI=1S/C14H20FNO2S/c1-14(2,17-3)6-7-18-9-11-8-10(13(16)19)4-5-12(11)15/h4-5,8H,6-7,9H2,1-3H3,(H2,16,19). The first-order valence-corrected chi connectivity index (χ1v) is 6.47. The van der Waals surface area contributed by atoms with Crippen LogP contribution in [0.1, 0.15) is 31.4 Å². The molecule has 0 fully saturated rings. The SMILES string of the molecule is COC(C)(C)CCOCc1cc(C(N)=S)ccc1F. The van der Waals surface area contributed by atoms with Crippen LogP contribution in [0, 0.1) is 5.82 Å². The number of nitrogens with two attached hydrogens (primary N) is 1. The number of ether oxygens (including phenoxy) is 2. The Balaban J connectivity index is 2.53. The van der Waals surface area contributed by atoms with Crippen molar-refractivity contribution in [1.29, 1.82) is 0 Å². The summed E-state index contributed by atoms with van der Waals surface area (Å²) in [6.45, 7) is 4.65. The molecule has 2 N–H and O–H groups in total. The summed E-state index contributed by atoms with van der Waals surface area (Å²) in [7, 11) is 1.66. The van der Waals surface area contributed by atoms with Crippen molar-refractivity contribution in [2.75, 3.05) is 13.7 Å². The lowest BCUT2D eigenvalue weighted by Gasteiger charge is -2.22. The van der Waals surface area contributed by atoms with Crippen LogP contribution in [0.2, 0.25) is 0 Å². The van der Waals surface area contributed by atoms with Crippen molar-refractivity contribution >= 4 is 17.2 Å². The minimum atomic E-state index is -0.314. The first-order chi connectivity index (χ1) is 8.85. The zero-order valence-electron chi connectivity index (χ0n) is 11.5. The van der Waals surface area contributed by atoms with Gasteiger partial charge in [-0.05, 0) is 38.5 Å². The van der Waals surface area contributed by atoms with Crippen LogP contribution in [-0.2, 0) is 16.1 Å². The number of hydrogen-bond donors (Lipinski definition) is 1. The van der Waals surface area contributed by atoms with Crippen molar-refractivity contribution in [3.63, 3.8) is 0 Å². The quantitative estimate of drug-likeness (QED) is 0.618. The minimum Gasteiger partial charge on any atom is -0.389 e. The van der Waals surface area contributed by atoms with Crippen molar-refractivity contribution in [2.24, 2.45) is 5.73 Å². The molecule has 1 rings (SSSR count). The van der Waals surface area contributed by atoms with Crippen molar-refractivity contribution < 1.29 is 13.9 Å². The normalized spacial score (nSPS) is 11.6. The average Bonchev–Trinajstić information content (AvgIpc) is 2.36. The molecule has 3 nitrogen and oxygen atoms in total. The molecule has 0 amide bonds. The van der Waals surface area contributed by atoms with Gasteiger partial charge in [0, 0.05) is 24.8 Å². The maximum Gasteiger partial charge on any atom is 0.128 e. The highest BCUT2D eigenvalue weighted by molar-refractivity contribution is 7.80. The summed E-state index contributed by atoms with van der Waals surface area (Å²) in [5.74, 6) is -0.314. The van der Waals surface area contributed by atoms with E-state index in [-0.39, 0.29) is 23.0 Å². The Kier molecular flexibility index (Phi) is 5.85. The molecule has 0 saturated carbocycles. The number of rotatable bonds is 7. The number of methoxy groups -OCH3 is 1. The van der Waals surface area contributed by atoms with Gasteiger partial charge >= 0.3 is 0 Å². The van der Waals surface area contributed by atoms with Crippen LogP contribution in [0.15, 0.2) is 18.2 Å². The first-order valence-electron chi connectivity index (χ1n) is 6.07. The molecule has 0 bridgehead atoms. The fourth-order valence-corrected chi connectivity index (χ4v) is 1.57. The third-order valence-corrected chi connectivity index (χ3v) is 3.22. The molecule has 0 aliphatic rings. The fourth-order valence-electron chi connectivity index (χ4n) is 1.44. The lowest BCUT2D eigenvalue weighted by Crippen LogP contribution is -2.24. The van der Waals surface area contributed by atoms with Gasteiger partial charge in [0.15, 0.2) is 0 Å². The molecule has 19 heavy (non-hydrogen) atoms. The summed E-state index contributed by atoms with van der Waals surface area (Å²) in [5.41, 5.74) is 6.38. The highest BCUT2D eigenvalue weighted by Crippen LogP contribution is 2.15. The van der Waals surface area contributed by atoms with E-state index in [0.717, 1.165) is 6.42 Å². The molecule has 1 aromatic rings. The molecule has 0 aliphatic carbocycles.